The minimum Gasteiger partial charge on any atom is -0.365 e. The van der Waals surface area contributed by atoms with Crippen molar-refractivity contribution in [2.24, 2.45) is 5.73 Å². The number of benzene rings is 1. The molecule has 6 nitrogen and oxygen atoms in total. The fourth-order valence-corrected chi connectivity index (χ4v) is 3.98. The maximum Gasteiger partial charge on any atom is 0.275 e. The zero-order chi connectivity index (χ0) is 16.5. The highest BCUT2D eigenvalue weighted by Gasteiger charge is 2.35. The quantitative estimate of drug-likeness (QED) is 0.720. The van der Waals surface area contributed by atoms with E-state index in [0.29, 0.717) is 19.2 Å². The van der Waals surface area contributed by atoms with Crippen LogP contribution in [0.3, 0.4) is 0 Å². The minimum absolute atomic E-state index is 0.116. The molecular weight excluding hydrogens is 316 g/mol. The summed E-state index contributed by atoms with van der Waals surface area (Å²) >= 11 is 0. The summed E-state index contributed by atoms with van der Waals surface area (Å²) in [4.78, 5) is 11.4. The SMILES string of the molecule is C[C@H](C(N)=O)[NH+]1CCN(S(=O)(=O)c2cc(F)ccc2F)CC1. The maximum absolute atomic E-state index is 13.7. The smallest absolute Gasteiger partial charge is 0.275 e. The Morgan fingerprint density at radius 3 is 2.45 bits per heavy atom. The first-order valence-corrected chi connectivity index (χ1v) is 8.26. The van der Waals surface area contributed by atoms with Gasteiger partial charge in [0.25, 0.3) is 5.91 Å². The molecule has 1 heterocycles. The van der Waals surface area contributed by atoms with E-state index in [-0.39, 0.29) is 13.1 Å². The molecule has 0 unspecified atom stereocenters. The number of nitrogens with one attached hydrogen (secondary N) is 1. The van der Waals surface area contributed by atoms with Gasteiger partial charge < -0.3 is 10.6 Å². The number of carbonyl (C=O) groups excluding carboxylic acids is 1. The number of halogens is 2. The van der Waals surface area contributed by atoms with Gasteiger partial charge in [-0.2, -0.15) is 4.31 Å². The molecule has 0 aromatic heterocycles. The third-order valence-electron chi connectivity index (χ3n) is 3.91. The van der Waals surface area contributed by atoms with E-state index in [9.17, 15) is 22.0 Å². The van der Waals surface area contributed by atoms with E-state index in [2.05, 4.69) is 0 Å². The number of rotatable bonds is 4. The first-order valence-electron chi connectivity index (χ1n) is 6.82. The average Bonchev–Trinajstić information content (AvgIpc) is 2.48. The first-order chi connectivity index (χ1) is 10.2. The van der Waals surface area contributed by atoms with Crippen molar-refractivity contribution in [2.75, 3.05) is 26.2 Å². The highest BCUT2D eigenvalue weighted by molar-refractivity contribution is 7.89. The van der Waals surface area contributed by atoms with Crippen LogP contribution in [0.4, 0.5) is 8.78 Å². The summed E-state index contributed by atoms with van der Waals surface area (Å²) < 4.78 is 52.8. The summed E-state index contributed by atoms with van der Waals surface area (Å²) in [6.07, 6.45) is 0. The number of piperazine rings is 1. The number of nitrogens with two attached hydrogens (primary N) is 1. The number of amides is 1. The summed E-state index contributed by atoms with van der Waals surface area (Å²) in [7, 11) is -4.10. The van der Waals surface area contributed by atoms with Gasteiger partial charge in [0.2, 0.25) is 10.0 Å². The Hall–Kier alpha value is -1.58. The van der Waals surface area contributed by atoms with Crippen LogP contribution in [-0.2, 0) is 14.8 Å². The topological polar surface area (TPSA) is 84.9 Å². The maximum atomic E-state index is 13.7. The lowest BCUT2D eigenvalue weighted by Crippen LogP contribution is -3.19. The number of quaternary nitrogens is 1. The van der Waals surface area contributed by atoms with E-state index in [0.717, 1.165) is 21.3 Å². The second kappa shape index (κ2) is 6.27. The van der Waals surface area contributed by atoms with E-state index in [1.807, 2.05) is 0 Å². The normalized spacial score (nSPS) is 19.0. The van der Waals surface area contributed by atoms with Gasteiger partial charge in [0, 0.05) is 0 Å². The molecule has 2 rings (SSSR count). The van der Waals surface area contributed by atoms with Crippen LogP contribution in [0.15, 0.2) is 23.1 Å². The number of nitrogens with zero attached hydrogens (tertiary/aromatic N) is 1. The number of primary amides is 1. The molecule has 1 amide bonds. The van der Waals surface area contributed by atoms with E-state index in [1.54, 1.807) is 6.92 Å². The lowest BCUT2D eigenvalue weighted by Gasteiger charge is -2.33. The van der Waals surface area contributed by atoms with Gasteiger partial charge >= 0.3 is 0 Å². The predicted octanol–water partition coefficient (Wildman–Crippen LogP) is -1.27. The molecule has 1 aliphatic heterocycles. The van der Waals surface area contributed by atoms with Crippen LogP contribution in [0.1, 0.15) is 6.92 Å². The van der Waals surface area contributed by atoms with Crippen molar-refractivity contribution in [1.82, 2.24) is 4.31 Å². The zero-order valence-electron chi connectivity index (χ0n) is 12.1. The monoisotopic (exact) mass is 334 g/mol. The molecule has 0 spiro atoms. The number of hydrogen-bond acceptors (Lipinski definition) is 3. The van der Waals surface area contributed by atoms with E-state index < -0.39 is 38.5 Å². The van der Waals surface area contributed by atoms with Crippen molar-refractivity contribution in [3.8, 4) is 0 Å². The number of carbonyl (C=O) groups is 1. The van der Waals surface area contributed by atoms with Crippen LogP contribution in [0, 0.1) is 11.6 Å². The van der Waals surface area contributed by atoms with Gasteiger partial charge in [-0.15, -0.1) is 0 Å². The van der Waals surface area contributed by atoms with Crippen LogP contribution in [0.25, 0.3) is 0 Å². The molecule has 1 atom stereocenters. The second-order valence-corrected chi connectivity index (χ2v) is 7.17. The van der Waals surface area contributed by atoms with Crippen LogP contribution < -0.4 is 10.6 Å². The van der Waals surface area contributed by atoms with Gasteiger partial charge in [0.05, 0.1) is 26.2 Å². The van der Waals surface area contributed by atoms with E-state index in [4.69, 9.17) is 5.73 Å². The van der Waals surface area contributed by atoms with Crippen LogP contribution in [0.2, 0.25) is 0 Å². The standard InChI is InChI=1S/C13H17F2N3O3S/c1-9(13(16)19)17-4-6-18(7-5-17)22(20,21)12-8-10(14)2-3-11(12)15/h2-3,8-9H,4-7H2,1H3,(H2,16,19)/p+1/t9-/m1/s1. The molecule has 0 radical (unpaired) electrons. The molecule has 1 saturated heterocycles. The lowest BCUT2D eigenvalue weighted by atomic mass is 10.2. The molecule has 1 aliphatic rings. The number of sulfonamides is 1. The van der Waals surface area contributed by atoms with Crippen molar-refractivity contribution >= 4 is 15.9 Å². The van der Waals surface area contributed by atoms with Crippen LogP contribution >= 0.6 is 0 Å². The molecule has 3 N–H and O–H groups in total. The summed E-state index contributed by atoms with van der Waals surface area (Å²) in [5, 5.41) is 0. The molecule has 1 aromatic carbocycles. The van der Waals surface area contributed by atoms with Gasteiger partial charge in [-0.05, 0) is 25.1 Å². The molecule has 1 fully saturated rings. The number of hydrogen-bond donors (Lipinski definition) is 2. The zero-order valence-corrected chi connectivity index (χ0v) is 12.9. The minimum atomic E-state index is -4.10. The summed E-state index contributed by atoms with van der Waals surface area (Å²) in [5.41, 5.74) is 5.23. The Kier molecular flexibility index (Phi) is 4.78. The lowest BCUT2D eigenvalue weighted by molar-refractivity contribution is -0.917. The van der Waals surface area contributed by atoms with Crippen LogP contribution in [-0.4, -0.2) is 50.9 Å². The van der Waals surface area contributed by atoms with Crippen LogP contribution in [0.5, 0.6) is 0 Å². The van der Waals surface area contributed by atoms with Gasteiger partial charge in [0.15, 0.2) is 6.04 Å². The predicted molar refractivity (Wildman–Crippen MR) is 74.5 cm³/mol. The average molecular weight is 334 g/mol. The van der Waals surface area contributed by atoms with Crippen molar-refractivity contribution in [3.05, 3.63) is 29.8 Å². The Morgan fingerprint density at radius 1 is 1.32 bits per heavy atom. The molecule has 22 heavy (non-hydrogen) atoms. The summed E-state index contributed by atoms with van der Waals surface area (Å²) in [6, 6.07) is 1.91. The third kappa shape index (κ3) is 3.26. The van der Waals surface area contributed by atoms with Gasteiger partial charge in [0.1, 0.15) is 16.5 Å². The molecule has 0 aliphatic carbocycles. The third-order valence-corrected chi connectivity index (χ3v) is 5.83. The second-order valence-electron chi connectivity index (χ2n) is 5.26. The van der Waals surface area contributed by atoms with E-state index >= 15 is 0 Å². The van der Waals surface area contributed by atoms with Gasteiger partial charge in [-0.3, -0.25) is 4.79 Å². The van der Waals surface area contributed by atoms with Gasteiger partial charge in [-0.25, -0.2) is 17.2 Å². The molecular formula is C13H18F2N3O3S+. The molecule has 1 aromatic rings. The molecule has 9 heteroatoms. The van der Waals surface area contributed by atoms with Crippen molar-refractivity contribution < 1.29 is 26.9 Å². The fraction of sp³-hybridized carbons (Fsp3) is 0.462. The highest BCUT2D eigenvalue weighted by Crippen LogP contribution is 2.20. The fourth-order valence-electron chi connectivity index (χ4n) is 2.46. The molecule has 0 bridgehead atoms. The van der Waals surface area contributed by atoms with Crippen molar-refractivity contribution in [1.29, 1.82) is 0 Å². The Bertz CT molecular complexity index is 673. The van der Waals surface area contributed by atoms with Crippen molar-refractivity contribution in [2.45, 2.75) is 17.9 Å². The Labute approximate surface area is 127 Å². The largest absolute Gasteiger partial charge is 0.365 e. The Morgan fingerprint density at radius 2 is 1.91 bits per heavy atom. The molecule has 0 saturated carbocycles. The van der Waals surface area contributed by atoms with Crippen molar-refractivity contribution in [3.63, 3.8) is 0 Å². The van der Waals surface area contributed by atoms with Gasteiger partial charge in [-0.1, -0.05) is 0 Å². The highest BCUT2D eigenvalue weighted by atomic mass is 32.2. The summed E-state index contributed by atoms with van der Waals surface area (Å²) in [5.74, 6) is -2.25. The first kappa shape index (κ1) is 16.8. The summed E-state index contributed by atoms with van der Waals surface area (Å²) in [6.45, 7) is 2.66. The Balaban J connectivity index is 2.16. The molecule has 122 valence electrons. The van der Waals surface area contributed by atoms with E-state index in [1.165, 1.54) is 0 Å².